The van der Waals surface area contributed by atoms with Gasteiger partial charge in [-0.25, -0.2) is 4.98 Å². The van der Waals surface area contributed by atoms with Crippen LogP contribution in [-0.4, -0.2) is 28.1 Å². The molecule has 0 aromatic carbocycles. The maximum atomic E-state index is 12.1. The van der Waals surface area contributed by atoms with E-state index in [1.807, 2.05) is 23.8 Å². The number of hydrogen-bond donors (Lipinski definition) is 2. The van der Waals surface area contributed by atoms with Crippen molar-refractivity contribution in [2.45, 2.75) is 31.9 Å². The minimum atomic E-state index is -0.255. The molecule has 1 fully saturated rings. The standard InChI is InChI=1S/C13H14N2O2S2/c1-7-11(12(17)15-9-4-10(16)5-9)19-13(14-7)8-2-3-18-6-8/h2-3,6,9-10,16H,4-5H2,1H3,(H,15,17). The molecule has 4 nitrogen and oxygen atoms in total. The summed E-state index contributed by atoms with van der Waals surface area (Å²) in [5, 5.41) is 17.1. The number of carbonyl (C=O) groups excluding carboxylic acids is 1. The average Bonchev–Trinajstić information content (AvgIpc) is 2.95. The lowest BCUT2D eigenvalue weighted by Gasteiger charge is -2.31. The van der Waals surface area contributed by atoms with E-state index in [4.69, 9.17) is 0 Å². The second-order valence-electron chi connectivity index (χ2n) is 4.74. The minimum Gasteiger partial charge on any atom is -0.393 e. The molecule has 0 radical (unpaired) electrons. The van der Waals surface area contributed by atoms with Gasteiger partial charge < -0.3 is 10.4 Å². The molecule has 0 saturated heterocycles. The van der Waals surface area contributed by atoms with Crippen LogP contribution in [0.15, 0.2) is 16.8 Å². The molecule has 0 spiro atoms. The number of nitrogens with zero attached hydrogens (tertiary/aromatic N) is 1. The van der Waals surface area contributed by atoms with Gasteiger partial charge in [-0.3, -0.25) is 4.79 Å². The van der Waals surface area contributed by atoms with E-state index in [-0.39, 0.29) is 18.1 Å². The van der Waals surface area contributed by atoms with E-state index in [1.54, 1.807) is 11.3 Å². The highest BCUT2D eigenvalue weighted by atomic mass is 32.1. The number of aromatic nitrogens is 1. The molecule has 0 bridgehead atoms. The number of aliphatic hydroxyl groups is 1. The minimum absolute atomic E-state index is 0.0756. The monoisotopic (exact) mass is 294 g/mol. The first-order valence-corrected chi connectivity index (χ1v) is 7.88. The summed E-state index contributed by atoms with van der Waals surface area (Å²) in [6.45, 7) is 1.86. The number of hydrogen-bond acceptors (Lipinski definition) is 5. The molecule has 2 heterocycles. The Labute approximate surface area is 119 Å². The summed E-state index contributed by atoms with van der Waals surface area (Å²) < 4.78 is 0. The zero-order valence-corrected chi connectivity index (χ0v) is 12.1. The van der Waals surface area contributed by atoms with Gasteiger partial charge in [-0.2, -0.15) is 11.3 Å². The lowest BCUT2D eigenvalue weighted by molar-refractivity contribution is 0.0564. The van der Waals surface area contributed by atoms with Crippen LogP contribution in [0.1, 0.15) is 28.2 Å². The van der Waals surface area contributed by atoms with Crippen LogP contribution in [0.4, 0.5) is 0 Å². The first-order valence-electron chi connectivity index (χ1n) is 6.12. The maximum absolute atomic E-state index is 12.1. The number of rotatable bonds is 3. The van der Waals surface area contributed by atoms with Gasteiger partial charge in [0, 0.05) is 17.0 Å². The van der Waals surface area contributed by atoms with Gasteiger partial charge in [-0.1, -0.05) is 0 Å². The summed E-state index contributed by atoms with van der Waals surface area (Å²) in [6.07, 6.45) is 1.05. The smallest absolute Gasteiger partial charge is 0.263 e. The summed E-state index contributed by atoms with van der Waals surface area (Å²) in [5.74, 6) is -0.0756. The summed E-state index contributed by atoms with van der Waals surface area (Å²) in [6, 6.07) is 2.11. The lowest BCUT2D eigenvalue weighted by atomic mass is 9.89. The Morgan fingerprint density at radius 2 is 2.32 bits per heavy atom. The number of aryl methyl sites for hydroxylation is 1. The number of carbonyl (C=O) groups is 1. The van der Waals surface area contributed by atoms with E-state index in [0.717, 1.165) is 16.3 Å². The third-order valence-electron chi connectivity index (χ3n) is 3.22. The van der Waals surface area contributed by atoms with Gasteiger partial charge in [0.1, 0.15) is 9.88 Å². The summed E-state index contributed by atoms with van der Waals surface area (Å²) in [5.41, 5.74) is 1.83. The van der Waals surface area contributed by atoms with Crippen molar-refractivity contribution < 1.29 is 9.90 Å². The molecule has 0 aliphatic heterocycles. The van der Waals surface area contributed by atoms with Crippen molar-refractivity contribution in [2.24, 2.45) is 0 Å². The fourth-order valence-corrected chi connectivity index (χ4v) is 3.75. The Morgan fingerprint density at radius 3 is 2.95 bits per heavy atom. The molecule has 1 aliphatic carbocycles. The molecule has 2 aromatic heterocycles. The van der Waals surface area contributed by atoms with E-state index < -0.39 is 0 Å². The van der Waals surface area contributed by atoms with Gasteiger partial charge in [0.15, 0.2) is 0 Å². The van der Waals surface area contributed by atoms with Crippen LogP contribution >= 0.6 is 22.7 Å². The zero-order valence-electron chi connectivity index (χ0n) is 10.4. The molecular weight excluding hydrogens is 280 g/mol. The van der Waals surface area contributed by atoms with Crippen molar-refractivity contribution in [2.75, 3.05) is 0 Å². The van der Waals surface area contributed by atoms with Gasteiger partial charge in [0.25, 0.3) is 5.91 Å². The first-order chi connectivity index (χ1) is 9.13. The highest BCUT2D eigenvalue weighted by Gasteiger charge is 2.29. The van der Waals surface area contributed by atoms with Crippen molar-refractivity contribution >= 4 is 28.6 Å². The molecule has 100 valence electrons. The summed E-state index contributed by atoms with van der Waals surface area (Å²) in [7, 11) is 0. The number of thiophene rings is 1. The largest absolute Gasteiger partial charge is 0.393 e. The van der Waals surface area contributed by atoms with Gasteiger partial charge in [-0.05, 0) is 31.2 Å². The highest BCUT2D eigenvalue weighted by Crippen LogP contribution is 2.30. The molecular formula is C13H14N2O2S2. The van der Waals surface area contributed by atoms with Gasteiger partial charge in [0.2, 0.25) is 0 Å². The van der Waals surface area contributed by atoms with Crippen LogP contribution in [-0.2, 0) is 0 Å². The van der Waals surface area contributed by atoms with Gasteiger partial charge >= 0.3 is 0 Å². The predicted molar refractivity (Wildman–Crippen MR) is 76.7 cm³/mol. The molecule has 0 unspecified atom stereocenters. The molecule has 6 heteroatoms. The van der Waals surface area contributed by atoms with Crippen LogP contribution in [0, 0.1) is 6.92 Å². The Balaban J connectivity index is 1.75. The van der Waals surface area contributed by atoms with Crippen LogP contribution in [0.2, 0.25) is 0 Å². The molecule has 0 atom stereocenters. The highest BCUT2D eigenvalue weighted by molar-refractivity contribution is 7.17. The third kappa shape index (κ3) is 2.56. The SMILES string of the molecule is Cc1nc(-c2ccsc2)sc1C(=O)NC1CC(O)C1. The van der Waals surface area contributed by atoms with Crippen LogP contribution in [0.5, 0.6) is 0 Å². The third-order valence-corrected chi connectivity index (χ3v) is 5.11. The lowest BCUT2D eigenvalue weighted by Crippen LogP contribution is -2.46. The quantitative estimate of drug-likeness (QED) is 0.914. The molecule has 1 saturated carbocycles. The van der Waals surface area contributed by atoms with Gasteiger partial charge in [0.05, 0.1) is 11.8 Å². The Hall–Kier alpha value is -1.24. The Bertz CT molecular complexity index is 586. The molecule has 1 aliphatic rings. The number of thiazole rings is 1. The molecule has 2 N–H and O–H groups in total. The fraction of sp³-hybridized carbons (Fsp3) is 0.385. The van der Waals surface area contributed by atoms with E-state index in [1.165, 1.54) is 11.3 Å². The van der Waals surface area contributed by atoms with E-state index in [9.17, 15) is 9.90 Å². The van der Waals surface area contributed by atoms with Crippen LogP contribution in [0.25, 0.3) is 10.6 Å². The van der Waals surface area contributed by atoms with Crippen LogP contribution < -0.4 is 5.32 Å². The molecule has 1 amide bonds. The van der Waals surface area contributed by atoms with Crippen molar-refractivity contribution in [3.05, 3.63) is 27.4 Å². The Morgan fingerprint density at radius 1 is 1.53 bits per heavy atom. The fourth-order valence-electron chi connectivity index (χ4n) is 2.07. The second kappa shape index (κ2) is 5.03. The maximum Gasteiger partial charge on any atom is 0.263 e. The van der Waals surface area contributed by atoms with Crippen molar-refractivity contribution in [1.82, 2.24) is 10.3 Å². The van der Waals surface area contributed by atoms with Crippen molar-refractivity contribution in [3.63, 3.8) is 0 Å². The number of nitrogens with one attached hydrogen (secondary N) is 1. The average molecular weight is 294 g/mol. The zero-order chi connectivity index (χ0) is 13.4. The van der Waals surface area contributed by atoms with E-state index in [2.05, 4.69) is 10.3 Å². The topological polar surface area (TPSA) is 62.2 Å². The summed E-state index contributed by atoms with van der Waals surface area (Å²) >= 11 is 3.04. The molecule has 3 rings (SSSR count). The molecule has 19 heavy (non-hydrogen) atoms. The van der Waals surface area contributed by atoms with Crippen molar-refractivity contribution in [1.29, 1.82) is 0 Å². The van der Waals surface area contributed by atoms with Crippen molar-refractivity contribution in [3.8, 4) is 10.6 Å². The second-order valence-corrected chi connectivity index (χ2v) is 6.52. The number of aliphatic hydroxyl groups excluding tert-OH is 1. The molecule has 2 aromatic rings. The summed E-state index contributed by atoms with van der Waals surface area (Å²) in [4.78, 5) is 17.3. The first kappa shape index (κ1) is 12.8. The Kier molecular flexibility index (Phi) is 3.38. The van der Waals surface area contributed by atoms with E-state index >= 15 is 0 Å². The normalized spacial score (nSPS) is 22.0. The van der Waals surface area contributed by atoms with Gasteiger partial charge in [-0.15, -0.1) is 11.3 Å². The van der Waals surface area contributed by atoms with Crippen LogP contribution in [0.3, 0.4) is 0 Å². The number of amides is 1. The van der Waals surface area contributed by atoms with E-state index in [0.29, 0.717) is 17.7 Å². The predicted octanol–water partition coefficient (Wildman–Crippen LogP) is 2.43.